The van der Waals surface area contributed by atoms with Crippen molar-refractivity contribution in [2.24, 2.45) is 17.1 Å². The highest BCUT2D eigenvalue weighted by Crippen LogP contribution is 2.28. The van der Waals surface area contributed by atoms with E-state index in [4.69, 9.17) is 10.5 Å². The Morgan fingerprint density at radius 2 is 2.06 bits per heavy atom. The van der Waals surface area contributed by atoms with E-state index in [1.165, 1.54) is 12.8 Å². The molecule has 0 heterocycles. The summed E-state index contributed by atoms with van der Waals surface area (Å²) in [5.41, 5.74) is 5.73. The smallest absolute Gasteiger partial charge is 0.239 e. The number of carbonyl (C=O) groups is 1. The van der Waals surface area contributed by atoms with Crippen LogP contribution >= 0.6 is 0 Å². The molecule has 17 heavy (non-hydrogen) atoms. The van der Waals surface area contributed by atoms with Crippen molar-refractivity contribution < 1.29 is 9.53 Å². The second-order valence-electron chi connectivity index (χ2n) is 6.12. The van der Waals surface area contributed by atoms with Gasteiger partial charge in [0.25, 0.3) is 0 Å². The van der Waals surface area contributed by atoms with E-state index in [-0.39, 0.29) is 11.3 Å². The third-order valence-corrected chi connectivity index (χ3v) is 3.20. The van der Waals surface area contributed by atoms with Crippen molar-refractivity contribution in [1.82, 2.24) is 4.90 Å². The Kier molecular flexibility index (Phi) is 4.95. The van der Waals surface area contributed by atoms with Crippen molar-refractivity contribution in [2.75, 3.05) is 26.8 Å². The Morgan fingerprint density at radius 3 is 2.53 bits per heavy atom. The van der Waals surface area contributed by atoms with Crippen LogP contribution in [0.15, 0.2) is 0 Å². The lowest BCUT2D eigenvalue weighted by molar-refractivity contribution is -0.134. The van der Waals surface area contributed by atoms with Crippen LogP contribution in [0.3, 0.4) is 0 Å². The molecular weight excluding hydrogens is 216 g/mol. The first-order valence-electron chi connectivity index (χ1n) is 6.40. The maximum absolute atomic E-state index is 12.0. The SMILES string of the molecule is CN(CCOCC1CC1)C(=O)[C@@H](N)C(C)(C)C. The van der Waals surface area contributed by atoms with Crippen LogP contribution in [0, 0.1) is 11.3 Å². The predicted octanol–water partition coefficient (Wildman–Crippen LogP) is 1.24. The fourth-order valence-electron chi connectivity index (χ4n) is 1.45. The molecule has 0 bridgehead atoms. The molecule has 0 saturated heterocycles. The third-order valence-electron chi connectivity index (χ3n) is 3.20. The molecule has 0 aromatic heterocycles. The van der Waals surface area contributed by atoms with Gasteiger partial charge in [0.1, 0.15) is 0 Å². The van der Waals surface area contributed by atoms with Crippen molar-refractivity contribution in [2.45, 2.75) is 39.7 Å². The highest BCUT2D eigenvalue weighted by atomic mass is 16.5. The number of carbonyl (C=O) groups excluding carboxylic acids is 1. The largest absolute Gasteiger partial charge is 0.379 e. The summed E-state index contributed by atoms with van der Waals surface area (Å²) in [7, 11) is 1.79. The fourth-order valence-corrected chi connectivity index (χ4v) is 1.45. The average Bonchev–Trinajstić information content (AvgIpc) is 3.04. The Labute approximate surface area is 104 Å². The van der Waals surface area contributed by atoms with Gasteiger partial charge in [-0.1, -0.05) is 20.8 Å². The number of nitrogens with two attached hydrogens (primary N) is 1. The summed E-state index contributed by atoms with van der Waals surface area (Å²) < 4.78 is 5.51. The van der Waals surface area contributed by atoms with E-state index in [0.717, 1.165) is 12.5 Å². The Hall–Kier alpha value is -0.610. The molecule has 4 heteroatoms. The molecule has 1 fully saturated rings. The first kappa shape index (κ1) is 14.5. The van der Waals surface area contributed by atoms with Crippen molar-refractivity contribution in [1.29, 1.82) is 0 Å². The Morgan fingerprint density at radius 1 is 1.47 bits per heavy atom. The van der Waals surface area contributed by atoms with E-state index in [9.17, 15) is 4.79 Å². The fraction of sp³-hybridized carbons (Fsp3) is 0.923. The zero-order chi connectivity index (χ0) is 13.1. The quantitative estimate of drug-likeness (QED) is 0.713. The number of rotatable bonds is 6. The predicted molar refractivity (Wildman–Crippen MR) is 68.6 cm³/mol. The summed E-state index contributed by atoms with van der Waals surface area (Å²) in [6, 6.07) is -0.448. The molecule has 100 valence electrons. The van der Waals surface area contributed by atoms with Gasteiger partial charge in [0.2, 0.25) is 5.91 Å². The van der Waals surface area contributed by atoms with Gasteiger partial charge in [-0.3, -0.25) is 4.79 Å². The summed E-state index contributed by atoms with van der Waals surface area (Å²) in [5.74, 6) is 0.764. The van der Waals surface area contributed by atoms with Crippen molar-refractivity contribution in [3.05, 3.63) is 0 Å². The highest BCUT2D eigenvalue weighted by molar-refractivity contribution is 5.82. The van der Waals surface area contributed by atoms with Crippen molar-refractivity contribution in [3.8, 4) is 0 Å². The van der Waals surface area contributed by atoms with Gasteiger partial charge < -0.3 is 15.4 Å². The molecule has 0 spiro atoms. The normalized spacial score (nSPS) is 17.9. The van der Waals surface area contributed by atoms with E-state index >= 15 is 0 Å². The number of nitrogens with zero attached hydrogens (tertiary/aromatic N) is 1. The second-order valence-corrected chi connectivity index (χ2v) is 6.12. The maximum Gasteiger partial charge on any atom is 0.239 e. The Balaban J connectivity index is 2.20. The first-order valence-corrected chi connectivity index (χ1v) is 6.40. The van der Waals surface area contributed by atoms with Gasteiger partial charge in [-0.15, -0.1) is 0 Å². The summed E-state index contributed by atoms with van der Waals surface area (Å²) in [4.78, 5) is 13.6. The number of hydrogen-bond acceptors (Lipinski definition) is 3. The minimum atomic E-state index is -0.448. The molecular formula is C13H26N2O2. The number of amides is 1. The topological polar surface area (TPSA) is 55.6 Å². The highest BCUT2D eigenvalue weighted by Gasteiger charge is 2.29. The lowest BCUT2D eigenvalue weighted by atomic mass is 9.86. The minimum absolute atomic E-state index is 0.00692. The molecule has 0 aromatic carbocycles. The monoisotopic (exact) mass is 242 g/mol. The van der Waals surface area contributed by atoms with Gasteiger partial charge in [-0.25, -0.2) is 0 Å². The molecule has 0 unspecified atom stereocenters. The van der Waals surface area contributed by atoms with Crippen molar-refractivity contribution >= 4 is 5.91 Å². The molecule has 1 atom stereocenters. The van der Waals surface area contributed by atoms with Crippen LogP contribution < -0.4 is 5.73 Å². The van der Waals surface area contributed by atoms with Gasteiger partial charge in [0.15, 0.2) is 0 Å². The summed E-state index contributed by atoms with van der Waals surface area (Å²) >= 11 is 0. The van der Waals surface area contributed by atoms with Gasteiger partial charge in [-0.2, -0.15) is 0 Å². The lowest BCUT2D eigenvalue weighted by Crippen LogP contribution is -2.49. The number of ether oxygens (including phenoxy) is 1. The van der Waals surface area contributed by atoms with Gasteiger partial charge in [-0.05, 0) is 24.2 Å². The summed E-state index contributed by atoms with van der Waals surface area (Å²) in [5, 5.41) is 0. The molecule has 1 aliphatic carbocycles. The zero-order valence-electron chi connectivity index (χ0n) is 11.5. The number of hydrogen-bond donors (Lipinski definition) is 1. The molecule has 1 rings (SSSR count). The molecule has 1 aliphatic rings. The van der Waals surface area contributed by atoms with Crippen LogP contribution in [0.25, 0.3) is 0 Å². The summed E-state index contributed by atoms with van der Waals surface area (Å²) in [6.07, 6.45) is 2.59. The molecule has 0 aromatic rings. The van der Waals surface area contributed by atoms with Crippen LogP contribution in [0.1, 0.15) is 33.6 Å². The van der Waals surface area contributed by atoms with Crippen LogP contribution in [-0.4, -0.2) is 43.7 Å². The van der Waals surface area contributed by atoms with E-state index in [1.54, 1.807) is 11.9 Å². The molecule has 0 radical (unpaired) electrons. The maximum atomic E-state index is 12.0. The average molecular weight is 242 g/mol. The third kappa shape index (κ3) is 5.04. The van der Waals surface area contributed by atoms with E-state index in [2.05, 4.69) is 0 Å². The molecule has 4 nitrogen and oxygen atoms in total. The minimum Gasteiger partial charge on any atom is -0.379 e. The molecule has 0 aliphatic heterocycles. The second kappa shape index (κ2) is 5.83. The van der Waals surface area contributed by atoms with E-state index < -0.39 is 6.04 Å². The lowest BCUT2D eigenvalue weighted by Gasteiger charge is -2.29. The van der Waals surface area contributed by atoms with E-state index in [1.807, 2.05) is 20.8 Å². The first-order chi connectivity index (χ1) is 7.82. The molecule has 1 saturated carbocycles. The Bertz CT molecular complexity index is 257. The number of likely N-dealkylation sites (N-methyl/N-ethyl adjacent to an activating group) is 1. The summed E-state index contributed by atoms with van der Waals surface area (Å²) in [6.45, 7) is 8.01. The van der Waals surface area contributed by atoms with Gasteiger partial charge >= 0.3 is 0 Å². The van der Waals surface area contributed by atoms with Crippen LogP contribution in [0.4, 0.5) is 0 Å². The standard InChI is InChI=1S/C13H26N2O2/c1-13(2,3)11(14)12(16)15(4)7-8-17-9-10-5-6-10/h10-11H,5-9,14H2,1-4H3/t11-/m1/s1. The van der Waals surface area contributed by atoms with Gasteiger partial charge in [0.05, 0.1) is 12.6 Å². The molecule has 1 amide bonds. The van der Waals surface area contributed by atoms with Crippen molar-refractivity contribution in [3.63, 3.8) is 0 Å². The van der Waals surface area contributed by atoms with Crippen LogP contribution in [0.2, 0.25) is 0 Å². The zero-order valence-corrected chi connectivity index (χ0v) is 11.5. The van der Waals surface area contributed by atoms with E-state index in [0.29, 0.717) is 13.2 Å². The van der Waals surface area contributed by atoms with Gasteiger partial charge in [0, 0.05) is 20.2 Å². The molecule has 2 N–H and O–H groups in total. The van der Waals surface area contributed by atoms with Crippen LogP contribution in [-0.2, 0) is 9.53 Å². The van der Waals surface area contributed by atoms with Crippen LogP contribution in [0.5, 0.6) is 0 Å².